The van der Waals surface area contributed by atoms with Gasteiger partial charge in [0.15, 0.2) is 0 Å². The first-order valence-electron chi connectivity index (χ1n) is 9.11. The molecule has 2 N–H and O–H groups in total. The van der Waals surface area contributed by atoms with Crippen LogP contribution in [0.3, 0.4) is 0 Å². The number of benzene rings is 1. The normalized spacial score (nSPS) is 12.0. The molecule has 0 saturated carbocycles. The Kier molecular flexibility index (Phi) is 5.80. The lowest BCUT2D eigenvalue weighted by Crippen LogP contribution is -2.30. The quantitative estimate of drug-likeness (QED) is 0.595. The van der Waals surface area contributed by atoms with Crippen LogP contribution in [0, 0.1) is 0 Å². The highest BCUT2D eigenvalue weighted by Gasteiger charge is 2.22. The molecule has 150 valence electrons. The third-order valence-corrected chi connectivity index (χ3v) is 6.68. The summed E-state index contributed by atoms with van der Waals surface area (Å²) in [4.78, 5) is 16.8. The van der Waals surface area contributed by atoms with Gasteiger partial charge < -0.3 is 9.88 Å². The van der Waals surface area contributed by atoms with Gasteiger partial charge in [0.1, 0.15) is 11.6 Å². The van der Waals surface area contributed by atoms with Crippen LogP contribution in [0.25, 0.3) is 11.0 Å². The van der Waals surface area contributed by atoms with E-state index in [1.165, 1.54) is 4.31 Å². The molecule has 2 heterocycles. The van der Waals surface area contributed by atoms with Crippen LogP contribution in [0.4, 0.5) is 5.82 Å². The summed E-state index contributed by atoms with van der Waals surface area (Å²) in [6, 6.07) is 6.63. The molecule has 28 heavy (non-hydrogen) atoms. The van der Waals surface area contributed by atoms with Crippen molar-refractivity contribution in [3.63, 3.8) is 0 Å². The van der Waals surface area contributed by atoms with Crippen molar-refractivity contribution in [2.45, 2.75) is 31.6 Å². The van der Waals surface area contributed by atoms with Crippen molar-refractivity contribution >= 4 is 32.8 Å². The summed E-state index contributed by atoms with van der Waals surface area (Å²) < 4.78 is 28.7. The van der Waals surface area contributed by atoms with Crippen LogP contribution < -0.4 is 5.32 Å². The standard InChI is InChI=1S/C18H24N6O3S/c1-4-24(5-2)28(26,27)13-6-7-15-14(12-13)20-17(23(15)3)8-9-18(25)21-16-10-11-19-22-16/h6-7,10-12H,4-5,8-9H2,1-3H3,(H2,19,21,22,25). The minimum absolute atomic E-state index is 0.152. The lowest BCUT2D eigenvalue weighted by Gasteiger charge is -2.18. The number of fused-ring (bicyclic) bond motifs is 1. The number of rotatable bonds is 8. The monoisotopic (exact) mass is 404 g/mol. The zero-order chi connectivity index (χ0) is 20.3. The number of aryl methyl sites for hydroxylation is 2. The third-order valence-electron chi connectivity index (χ3n) is 4.64. The van der Waals surface area contributed by atoms with Crippen molar-refractivity contribution in [1.82, 2.24) is 24.1 Å². The number of amides is 1. The van der Waals surface area contributed by atoms with Crippen LogP contribution in [-0.2, 0) is 28.3 Å². The number of aromatic amines is 1. The molecular formula is C18H24N6O3S. The van der Waals surface area contributed by atoms with Crippen molar-refractivity contribution in [1.29, 1.82) is 0 Å². The molecule has 1 amide bonds. The fourth-order valence-electron chi connectivity index (χ4n) is 3.09. The van der Waals surface area contributed by atoms with E-state index in [2.05, 4.69) is 20.5 Å². The van der Waals surface area contributed by atoms with Gasteiger partial charge in [-0.3, -0.25) is 9.89 Å². The van der Waals surface area contributed by atoms with Gasteiger partial charge in [-0.15, -0.1) is 0 Å². The Labute approximate surface area is 163 Å². The number of hydrogen-bond donors (Lipinski definition) is 2. The number of nitrogens with one attached hydrogen (secondary N) is 2. The van der Waals surface area contributed by atoms with Gasteiger partial charge in [-0.1, -0.05) is 13.8 Å². The minimum atomic E-state index is -3.54. The van der Waals surface area contributed by atoms with Crippen LogP contribution in [0.15, 0.2) is 35.4 Å². The summed E-state index contributed by atoms with van der Waals surface area (Å²) in [6.45, 7) is 4.45. The number of anilines is 1. The molecule has 0 spiro atoms. The molecule has 0 unspecified atom stereocenters. The van der Waals surface area contributed by atoms with Gasteiger partial charge in [0.2, 0.25) is 15.9 Å². The molecule has 0 bridgehead atoms. The van der Waals surface area contributed by atoms with Crippen molar-refractivity contribution in [3.8, 4) is 0 Å². The molecule has 0 fully saturated rings. The summed E-state index contributed by atoms with van der Waals surface area (Å²) in [5.41, 5.74) is 1.42. The first-order valence-corrected chi connectivity index (χ1v) is 10.6. The molecule has 9 nitrogen and oxygen atoms in total. The van der Waals surface area contributed by atoms with Crippen LogP contribution >= 0.6 is 0 Å². The molecule has 0 saturated heterocycles. The number of carbonyl (C=O) groups is 1. The van der Waals surface area contributed by atoms with E-state index in [0.717, 1.165) is 5.52 Å². The smallest absolute Gasteiger partial charge is 0.243 e. The second kappa shape index (κ2) is 8.11. The van der Waals surface area contributed by atoms with Gasteiger partial charge in [-0.2, -0.15) is 9.40 Å². The Hall–Kier alpha value is -2.72. The Balaban J connectivity index is 1.80. The zero-order valence-corrected chi connectivity index (χ0v) is 17.0. The molecule has 2 aromatic heterocycles. The second-order valence-corrected chi connectivity index (χ2v) is 8.28. The summed E-state index contributed by atoms with van der Waals surface area (Å²) in [7, 11) is -1.68. The maximum atomic E-state index is 12.7. The van der Waals surface area contributed by atoms with Gasteiger partial charge in [-0.25, -0.2) is 13.4 Å². The number of carbonyl (C=O) groups excluding carboxylic acids is 1. The minimum Gasteiger partial charge on any atom is -0.331 e. The second-order valence-electron chi connectivity index (χ2n) is 6.35. The molecule has 3 rings (SSSR count). The van der Waals surface area contributed by atoms with Crippen LogP contribution in [0.2, 0.25) is 0 Å². The van der Waals surface area contributed by atoms with E-state index in [4.69, 9.17) is 0 Å². The van der Waals surface area contributed by atoms with E-state index in [1.54, 1.807) is 30.5 Å². The van der Waals surface area contributed by atoms with Crippen LogP contribution in [0.5, 0.6) is 0 Å². The van der Waals surface area contributed by atoms with E-state index in [1.807, 2.05) is 25.5 Å². The molecule has 3 aromatic rings. The molecule has 10 heteroatoms. The van der Waals surface area contributed by atoms with Crippen molar-refractivity contribution in [2.75, 3.05) is 18.4 Å². The molecule has 0 aliphatic carbocycles. The number of aromatic nitrogens is 4. The average Bonchev–Trinajstić information content (AvgIpc) is 3.28. The number of H-pyrrole nitrogens is 1. The number of hydrogen-bond acceptors (Lipinski definition) is 5. The van der Waals surface area contributed by atoms with Crippen molar-refractivity contribution in [2.24, 2.45) is 7.05 Å². The predicted octanol–water partition coefficient (Wildman–Crippen LogP) is 1.90. The molecule has 0 aliphatic rings. The van der Waals surface area contributed by atoms with Crippen molar-refractivity contribution < 1.29 is 13.2 Å². The summed E-state index contributed by atoms with van der Waals surface area (Å²) >= 11 is 0. The topological polar surface area (TPSA) is 113 Å². The fourth-order valence-corrected chi connectivity index (χ4v) is 4.57. The van der Waals surface area contributed by atoms with Gasteiger partial charge in [0.25, 0.3) is 0 Å². The Morgan fingerprint density at radius 1 is 1.25 bits per heavy atom. The molecular weight excluding hydrogens is 380 g/mol. The van der Waals surface area contributed by atoms with E-state index in [9.17, 15) is 13.2 Å². The van der Waals surface area contributed by atoms with E-state index < -0.39 is 10.0 Å². The van der Waals surface area contributed by atoms with E-state index in [0.29, 0.717) is 36.7 Å². The largest absolute Gasteiger partial charge is 0.331 e. The fraction of sp³-hybridized carbons (Fsp3) is 0.389. The summed E-state index contributed by atoms with van der Waals surface area (Å²) in [6.07, 6.45) is 2.25. The highest BCUT2D eigenvalue weighted by atomic mass is 32.2. The van der Waals surface area contributed by atoms with Gasteiger partial charge in [0, 0.05) is 39.0 Å². The molecule has 0 aliphatic heterocycles. The molecule has 1 aromatic carbocycles. The van der Waals surface area contributed by atoms with E-state index >= 15 is 0 Å². The molecule has 0 radical (unpaired) electrons. The highest BCUT2D eigenvalue weighted by Crippen LogP contribution is 2.22. The van der Waals surface area contributed by atoms with Crippen LogP contribution in [-0.4, -0.2) is 51.5 Å². The number of imidazole rings is 1. The zero-order valence-electron chi connectivity index (χ0n) is 16.1. The SMILES string of the molecule is CCN(CC)S(=O)(=O)c1ccc2c(c1)nc(CCC(=O)Nc1ccn[nH]1)n2C. The number of sulfonamides is 1. The van der Waals surface area contributed by atoms with Gasteiger partial charge in [0.05, 0.1) is 22.1 Å². The lowest BCUT2D eigenvalue weighted by atomic mass is 10.3. The molecule has 0 atom stereocenters. The maximum absolute atomic E-state index is 12.7. The lowest BCUT2D eigenvalue weighted by molar-refractivity contribution is -0.116. The first kappa shape index (κ1) is 20.0. The number of nitrogens with zero attached hydrogens (tertiary/aromatic N) is 4. The third kappa shape index (κ3) is 3.92. The van der Waals surface area contributed by atoms with Gasteiger partial charge in [-0.05, 0) is 18.2 Å². The highest BCUT2D eigenvalue weighted by molar-refractivity contribution is 7.89. The van der Waals surface area contributed by atoms with E-state index in [-0.39, 0.29) is 17.2 Å². The maximum Gasteiger partial charge on any atom is 0.243 e. The summed E-state index contributed by atoms with van der Waals surface area (Å²) in [5.74, 6) is 1.11. The van der Waals surface area contributed by atoms with Gasteiger partial charge >= 0.3 is 0 Å². The van der Waals surface area contributed by atoms with Crippen molar-refractivity contribution in [3.05, 3.63) is 36.3 Å². The van der Waals surface area contributed by atoms with Crippen LogP contribution in [0.1, 0.15) is 26.1 Å². The summed E-state index contributed by atoms with van der Waals surface area (Å²) in [5, 5.41) is 9.18. The first-order chi connectivity index (χ1) is 13.4. The predicted molar refractivity (Wildman–Crippen MR) is 106 cm³/mol. The average molecular weight is 404 g/mol. The Morgan fingerprint density at radius 2 is 2.00 bits per heavy atom. The Morgan fingerprint density at radius 3 is 2.64 bits per heavy atom. The Bertz CT molecular complexity index is 1070.